The van der Waals surface area contributed by atoms with Crippen LogP contribution in [-0.2, 0) is 0 Å². The smallest absolute Gasteiger partial charge is 0.252 e. The van der Waals surface area contributed by atoms with Gasteiger partial charge in [0.1, 0.15) is 0 Å². The zero-order chi connectivity index (χ0) is 10.5. The third-order valence-corrected chi connectivity index (χ3v) is 3.60. The van der Waals surface area contributed by atoms with Crippen molar-refractivity contribution in [3.63, 3.8) is 0 Å². The Balaban J connectivity index is 1.75. The molecule has 2 nitrogen and oxygen atoms in total. The van der Waals surface area contributed by atoms with Crippen LogP contribution in [0.3, 0.4) is 0 Å². The summed E-state index contributed by atoms with van der Waals surface area (Å²) in [6, 6.07) is 1.82. The van der Waals surface area contributed by atoms with Crippen LogP contribution in [0.2, 0.25) is 0 Å². The monoisotopic (exact) mass is 222 g/mol. The first kappa shape index (κ1) is 10.7. The van der Waals surface area contributed by atoms with Gasteiger partial charge in [0.25, 0.3) is 5.91 Å². The molecule has 0 aliphatic heterocycles. The molecular formula is C12H16NOS. The van der Waals surface area contributed by atoms with Gasteiger partial charge in [-0.2, -0.15) is 0 Å². The van der Waals surface area contributed by atoms with Gasteiger partial charge in [-0.3, -0.25) is 4.79 Å². The normalized spacial score (nSPS) is 17.6. The highest BCUT2D eigenvalue weighted by atomic mass is 32.1. The van der Waals surface area contributed by atoms with Crippen molar-refractivity contribution in [2.24, 2.45) is 5.92 Å². The van der Waals surface area contributed by atoms with Gasteiger partial charge in [-0.05, 0) is 30.2 Å². The average Bonchev–Trinajstić information content (AvgIpc) is 2.81. The Morgan fingerprint density at radius 3 is 2.93 bits per heavy atom. The number of hydrogen-bond donors (Lipinski definition) is 1. The Kier molecular flexibility index (Phi) is 3.78. The van der Waals surface area contributed by atoms with E-state index in [2.05, 4.69) is 10.7 Å². The SMILES string of the molecule is O=C(NCC1CCCCC1)c1[c]scc1. The molecule has 3 heteroatoms. The number of carbonyl (C=O) groups is 1. The minimum absolute atomic E-state index is 0.0295. The van der Waals surface area contributed by atoms with Gasteiger partial charge in [0.05, 0.1) is 10.9 Å². The van der Waals surface area contributed by atoms with Crippen LogP contribution in [0.25, 0.3) is 0 Å². The van der Waals surface area contributed by atoms with Crippen molar-refractivity contribution in [1.82, 2.24) is 5.32 Å². The lowest BCUT2D eigenvalue weighted by atomic mass is 9.89. The number of rotatable bonds is 3. The van der Waals surface area contributed by atoms with E-state index in [1.54, 1.807) is 0 Å². The lowest BCUT2D eigenvalue weighted by Gasteiger charge is -2.21. The van der Waals surface area contributed by atoms with Crippen LogP contribution >= 0.6 is 11.3 Å². The maximum atomic E-state index is 11.6. The van der Waals surface area contributed by atoms with Crippen molar-refractivity contribution >= 4 is 17.2 Å². The van der Waals surface area contributed by atoms with E-state index in [1.807, 2.05) is 11.4 Å². The van der Waals surface area contributed by atoms with Gasteiger partial charge in [0.2, 0.25) is 0 Å². The van der Waals surface area contributed by atoms with Crippen molar-refractivity contribution in [2.45, 2.75) is 32.1 Å². The van der Waals surface area contributed by atoms with Crippen LogP contribution in [-0.4, -0.2) is 12.5 Å². The molecule has 1 aliphatic rings. The van der Waals surface area contributed by atoms with E-state index in [-0.39, 0.29) is 5.91 Å². The highest BCUT2D eigenvalue weighted by molar-refractivity contribution is 7.07. The molecule has 1 amide bonds. The molecule has 1 aromatic rings. The third kappa shape index (κ3) is 3.06. The summed E-state index contributed by atoms with van der Waals surface area (Å²) in [7, 11) is 0. The van der Waals surface area contributed by atoms with E-state index in [0.29, 0.717) is 11.5 Å². The summed E-state index contributed by atoms with van der Waals surface area (Å²) in [4.78, 5) is 11.6. The van der Waals surface area contributed by atoms with Gasteiger partial charge >= 0.3 is 0 Å². The summed E-state index contributed by atoms with van der Waals surface area (Å²) in [6.45, 7) is 0.836. The summed E-state index contributed by atoms with van der Waals surface area (Å²) in [6.07, 6.45) is 6.56. The molecule has 1 radical (unpaired) electrons. The number of hydrogen-bond acceptors (Lipinski definition) is 2. The fourth-order valence-corrected chi connectivity index (χ4v) is 2.64. The van der Waals surface area contributed by atoms with E-state index in [9.17, 15) is 4.79 Å². The highest BCUT2D eigenvalue weighted by Gasteiger charge is 2.14. The molecule has 15 heavy (non-hydrogen) atoms. The Bertz CT molecular complexity index is 301. The van der Waals surface area contributed by atoms with E-state index < -0.39 is 0 Å². The molecule has 2 rings (SSSR count). The molecule has 1 aliphatic carbocycles. The lowest BCUT2D eigenvalue weighted by molar-refractivity contribution is 0.0944. The Hall–Kier alpha value is -0.830. The van der Waals surface area contributed by atoms with Gasteiger partial charge in [-0.25, -0.2) is 0 Å². The van der Waals surface area contributed by atoms with Crippen molar-refractivity contribution in [3.05, 3.63) is 22.4 Å². The zero-order valence-corrected chi connectivity index (χ0v) is 9.61. The van der Waals surface area contributed by atoms with Crippen LogP contribution in [0.4, 0.5) is 0 Å². The molecule has 0 bridgehead atoms. The molecule has 1 heterocycles. The van der Waals surface area contributed by atoms with Gasteiger partial charge in [0, 0.05) is 6.54 Å². The summed E-state index contributed by atoms with van der Waals surface area (Å²) in [5, 5.41) is 7.83. The standard InChI is InChI=1S/C12H16NOS/c14-12(11-6-7-15-9-11)13-8-10-4-2-1-3-5-10/h6-7,10H,1-5,8H2,(H,13,14). The van der Waals surface area contributed by atoms with E-state index in [1.165, 1.54) is 43.4 Å². The minimum Gasteiger partial charge on any atom is -0.352 e. The first-order chi connectivity index (χ1) is 7.36. The van der Waals surface area contributed by atoms with Gasteiger partial charge < -0.3 is 5.32 Å². The van der Waals surface area contributed by atoms with Crippen molar-refractivity contribution < 1.29 is 4.79 Å². The molecule has 0 atom stereocenters. The summed E-state index contributed by atoms with van der Waals surface area (Å²) in [5.41, 5.74) is 0.677. The topological polar surface area (TPSA) is 29.1 Å². The largest absolute Gasteiger partial charge is 0.352 e. The molecule has 0 saturated heterocycles. The molecule has 1 fully saturated rings. The maximum absolute atomic E-state index is 11.6. The lowest BCUT2D eigenvalue weighted by Crippen LogP contribution is -2.29. The van der Waals surface area contributed by atoms with Crippen LogP contribution < -0.4 is 5.32 Å². The van der Waals surface area contributed by atoms with Crippen molar-refractivity contribution in [3.8, 4) is 0 Å². The predicted octanol–water partition coefficient (Wildman–Crippen LogP) is 2.86. The number of amides is 1. The second kappa shape index (κ2) is 5.31. The first-order valence-electron chi connectivity index (χ1n) is 5.59. The molecular weight excluding hydrogens is 206 g/mol. The second-order valence-corrected chi connectivity index (χ2v) is 4.86. The summed E-state index contributed by atoms with van der Waals surface area (Å²) < 4.78 is 0. The van der Waals surface area contributed by atoms with Gasteiger partial charge in [-0.15, -0.1) is 11.3 Å². The number of thiophene rings is 1. The molecule has 1 N–H and O–H groups in total. The van der Waals surface area contributed by atoms with Crippen molar-refractivity contribution in [1.29, 1.82) is 0 Å². The number of carbonyl (C=O) groups excluding carboxylic acids is 1. The van der Waals surface area contributed by atoms with Gasteiger partial charge in [-0.1, -0.05) is 19.3 Å². The molecule has 1 saturated carbocycles. The molecule has 0 aromatic carbocycles. The molecule has 81 valence electrons. The number of nitrogens with one attached hydrogen (secondary N) is 1. The van der Waals surface area contributed by atoms with Crippen molar-refractivity contribution in [2.75, 3.05) is 6.54 Å². The molecule has 0 spiro atoms. The fourth-order valence-electron chi connectivity index (χ4n) is 2.08. The van der Waals surface area contributed by atoms with Crippen LogP contribution in [0.5, 0.6) is 0 Å². The summed E-state index contributed by atoms with van der Waals surface area (Å²) >= 11 is 1.44. The van der Waals surface area contributed by atoms with Crippen LogP contribution in [0.1, 0.15) is 42.5 Å². The van der Waals surface area contributed by atoms with Crippen LogP contribution in [0.15, 0.2) is 11.4 Å². The molecule has 0 unspecified atom stereocenters. The van der Waals surface area contributed by atoms with E-state index >= 15 is 0 Å². The first-order valence-corrected chi connectivity index (χ1v) is 6.47. The van der Waals surface area contributed by atoms with Gasteiger partial charge in [0.15, 0.2) is 0 Å². The Morgan fingerprint density at radius 2 is 2.27 bits per heavy atom. The summed E-state index contributed by atoms with van der Waals surface area (Å²) in [5.74, 6) is 0.725. The fraction of sp³-hybridized carbons (Fsp3) is 0.583. The zero-order valence-electron chi connectivity index (χ0n) is 8.79. The highest BCUT2D eigenvalue weighted by Crippen LogP contribution is 2.22. The third-order valence-electron chi connectivity index (χ3n) is 2.99. The molecule has 1 aromatic heterocycles. The maximum Gasteiger partial charge on any atom is 0.252 e. The predicted molar refractivity (Wildman–Crippen MR) is 62.1 cm³/mol. The quantitative estimate of drug-likeness (QED) is 0.837. The minimum atomic E-state index is 0.0295. The second-order valence-electron chi connectivity index (χ2n) is 4.15. The van der Waals surface area contributed by atoms with E-state index in [0.717, 1.165) is 6.54 Å². The average molecular weight is 222 g/mol. The Labute approximate surface area is 94.7 Å². The van der Waals surface area contributed by atoms with E-state index in [4.69, 9.17) is 0 Å². The van der Waals surface area contributed by atoms with Crippen LogP contribution in [0, 0.1) is 11.3 Å². The Morgan fingerprint density at radius 1 is 1.47 bits per heavy atom.